The monoisotopic (exact) mass is 242 g/mol. The van der Waals surface area contributed by atoms with E-state index in [4.69, 9.17) is 10.5 Å². The molecular formula is C14H14N2O2. The highest BCUT2D eigenvalue weighted by Gasteiger charge is 2.08. The SMILES string of the molecule is CC(=O)c1cc(Oc2cccnc2C)ccc1N. The van der Waals surface area contributed by atoms with Gasteiger partial charge in [-0.15, -0.1) is 0 Å². The van der Waals surface area contributed by atoms with Crippen LogP contribution in [0.5, 0.6) is 11.5 Å². The number of ketones is 1. The molecule has 92 valence electrons. The number of nitrogens with two attached hydrogens (primary N) is 1. The molecule has 0 unspecified atom stereocenters. The Morgan fingerprint density at radius 1 is 1.33 bits per heavy atom. The third-order valence-electron chi connectivity index (χ3n) is 2.59. The van der Waals surface area contributed by atoms with Crippen LogP contribution in [-0.4, -0.2) is 10.8 Å². The van der Waals surface area contributed by atoms with Crippen LogP contribution in [0.2, 0.25) is 0 Å². The normalized spacial score (nSPS) is 10.1. The highest BCUT2D eigenvalue weighted by Crippen LogP contribution is 2.26. The molecule has 4 heteroatoms. The van der Waals surface area contributed by atoms with Gasteiger partial charge in [-0.05, 0) is 44.2 Å². The second kappa shape index (κ2) is 4.87. The first-order chi connectivity index (χ1) is 8.58. The number of ether oxygens (including phenoxy) is 1. The fraction of sp³-hybridized carbons (Fsp3) is 0.143. The molecular weight excluding hydrogens is 228 g/mol. The summed E-state index contributed by atoms with van der Waals surface area (Å²) in [5, 5.41) is 0. The van der Waals surface area contributed by atoms with E-state index >= 15 is 0 Å². The van der Waals surface area contributed by atoms with E-state index in [-0.39, 0.29) is 5.78 Å². The molecule has 0 aliphatic heterocycles. The minimum Gasteiger partial charge on any atom is -0.455 e. The number of benzene rings is 1. The van der Waals surface area contributed by atoms with Crippen LogP contribution in [0, 0.1) is 6.92 Å². The van der Waals surface area contributed by atoms with Crippen molar-refractivity contribution >= 4 is 11.5 Å². The molecule has 0 fully saturated rings. The van der Waals surface area contributed by atoms with E-state index in [9.17, 15) is 4.79 Å². The van der Waals surface area contributed by atoms with Crippen molar-refractivity contribution in [3.05, 3.63) is 47.8 Å². The van der Waals surface area contributed by atoms with Crippen molar-refractivity contribution in [3.63, 3.8) is 0 Å². The number of anilines is 1. The first kappa shape index (κ1) is 12.1. The number of Topliss-reactive ketones (excluding diaryl/α,β-unsaturated/α-hetero) is 1. The summed E-state index contributed by atoms with van der Waals surface area (Å²) in [5.41, 5.74) is 7.44. The Labute approximate surface area is 105 Å². The van der Waals surface area contributed by atoms with E-state index in [0.717, 1.165) is 5.69 Å². The molecule has 18 heavy (non-hydrogen) atoms. The van der Waals surface area contributed by atoms with E-state index in [1.807, 2.05) is 13.0 Å². The second-order valence-electron chi connectivity index (χ2n) is 3.99. The summed E-state index contributed by atoms with van der Waals surface area (Å²) >= 11 is 0. The summed E-state index contributed by atoms with van der Waals surface area (Å²) in [4.78, 5) is 15.5. The van der Waals surface area contributed by atoms with Crippen LogP contribution in [-0.2, 0) is 0 Å². The predicted octanol–water partition coefficient (Wildman–Crippen LogP) is 2.97. The molecule has 0 bridgehead atoms. The Morgan fingerprint density at radius 2 is 2.11 bits per heavy atom. The lowest BCUT2D eigenvalue weighted by molar-refractivity contribution is 0.101. The molecule has 1 aromatic carbocycles. The molecule has 0 aliphatic rings. The fourth-order valence-corrected chi connectivity index (χ4v) is 1.61. The number of hydrogen-bond acceptors (Lipinski definition) is 4. The number of nitrogen functional groups attached to an aromatic ring is 1. The molecule has 0 saturated heterocycles. The van der Waals surface area contributed by atoms with Gasteiger partial charge in [-0.25, -0.2) is 0 Å². The van der Waals surface area contributed by atoms with Crippen molar-refractivity contribution in [2.75, 3.05) is 5.73 Å². The van der Waals surface area contributed by atoms with E-state index in [1.54, 1.807) is 30.5 Å². The number of hydrogen-bond donors (Lipinski definition) is 1. The molecule has 0 amide bonds. The molecule has 0 radical (unpaired) electrons. The van der Waals surface area contributed by atoms with Crippen LogP contribution in [0.3, 0.4) is 0 Å². The number of aryl methyl sites for hydroxylation is 1. The average molecular weight is 242 g/mol. The molecule has 0 spiro atoms. The van der Waals surface area contributed by atoms with Gasteiger partial charge in [0.05, 0.1) is 5.69 Å². The maximum Gasteiger partial charge on any atom is 0.162 e. The van der Waals surface area contributed by atoms with Gasteiger partial charge in [-0.1, -0.05) is 0 Å². The number of carbonyl (C=O) groups excluding carboxylic acids is 1. The Morgan fingerprint density at radius 3 is 2.78 bits per heavy atom. The van der Waals surface area contributed by atoms with Crippen molar-refractivity contribution in [3.8, 4) is 11.5 Å². The first-order valence-corrected chi connectivity index (χ1v) is 5.58. The second-order valence-corrected chi connectivity index (χ2v) is 3.99. The topological polar surface area (TPSA) is 65.2 Å². The number of pyridine rings is 1. The highest BCUT2D eigenvalue weighted by atomic mass is 16.5. The molecule has 2 rings (SSSR count). The fourth-order valence-electron chi connectivity index (χ4n) is 1.61. The summed E-state index contributed by atoms with van der Waals surface area (Å²) < 4.78 is 5.68. The number of nitrogens with zero attached hydrogens (tertiary/aromatic N) is 1. The molecule has 0 saturated carbocycles. The van der Waals surface area contributed by atoms with Gasteiger partial charge in [0.25, 0.3) is 0 Å². The molecule has 0 aliphatic carbocycles. The van der Waals surface area contributed by atoms with Gasteiger partial charge in [0, 0.05) is 17.4 Å². The standard InChI is InChI=1S/C14H14N2O2/c1-9-14(4-3-7-16-9)18-11-5-6-13(15)12(8-11)10(2)17/h3-8H,15H2,1-2H3. The van der Waals surface area contributed by atoms with E-state index in [2.05, 4.69) is 4.98 Å². The average Bonchev–Trinajstić information content (AvgIpc) is 2.34. The van der Waals surface area contributed by atoms with Crippen LogP contribution < -0.4 is 10.5 Å². The van der Waals surface area contributed by atoms with Crippen LogP contribution in [0.1, 0.15) is 23.0 Å². The third-order valence-corrected chi connectivity index (χ3v) is 2.59. The Balaban J connectivity index is 2.33. The lowest BCUT2D eigenvalue weighted by atomic mass is 10.1. The summed E-state index contributed by atoms with van der Waals surface area (Å²) in [7, 11) is 0. The maximum absolute atomic E-state index is 11.4. The van der Waals surface area contributed by atoms with Crippen LogP contribution in [0.25, 0.3) is 0 Å². The van der Waals surface area contributed by atoms with Crippen LogP contribution in [0.15, 0.2) is 36.5 Å². The van der Waals surface area contributed by atoms with E-state index < -0.39 is 0 Å². The van der Waals surface area contributed by atoms with Gasteiger partial charge in [0.2, 0.25) is 0 Å². The molecule has 0 atom stereocenters. The van der Waals surface area contributed by atoms with Gasteiger partial charge < -0.3 is 10.5 Å². The molecule has 1 aromatic heterocycles. The smallest absolute Gasteiger partial charge is 0.162 e. The van der Waals surface area contributed by atoms with Crippen molar-refractivity contribution in [2.45, 2.75) is 13.8 Å². The van der Waals surface area contributed by atoms with Crippen molar-refractivity contribution in [2.24, 2.45) is 0 Å². The molecule has 2 aromatic rings. The number of rotatable bonds is 3. The Bertz CT molecular complexity index is 594. The zero-order chi connectivity index (χ0) is 13.1. The number of aromatic nitrogens is 1. The van der Waals surface area contributed by atoms with Crippen LogP contribution >= 0.6 is 0 Å². The van der Waals surface area contributed by atoms with Crippen LogP contribution in [0.4, 0.5) is 5.69 Å². The van der Waals surface area contributed by atoms with Crippen molar-refractivity contribution in [1.82, 2.24) is 4.98 Å². The van der Waals surface area contributed by atoms with Gasteiger partial charge >= 0.3 is 0 Å². The quantitative estimate of drug-likeness (QED) is 0.663. The highest BCUT2D eigenvalue weighted by molar-refractivity contribution is 5.99. The summed E-state index contributed by atoms with van der Waals surface area (Å²) in [6, 6.07) is 8.66. The molecule has 1 heterocycles. The minimum atomic E-state index is -0.0825. The van der Waals surface area contributed by atoms with E-state index in [0.29, 0.717) is 22.7 Å². The maximum atomic E-state index is 11.4. The van der Waals surface area contributed by atoms with Gasteiger partial charge in [0.15, 0.2) is 5.78 Å². The zero-order valence-electron chi connectivity index (χ0n) is 10.3. The Hall–Kier alpha value is -2.36. The number of carbonyl (C=O) groups is 1. The van der Waals surface area contributed by atoms with Crippen molar-refractivity contribution < 1.29 is 9.53 Å². The predicted molar refractivity (Wildman–Crippen MR) is 69.9 cm³/mol. The minimum absolute atomic E-state index is 0.0825. The third kappa shape index (κ3) is 2.48. The van der Waals surface area contributed by atoms with Gasteiger partial charge in [-0.2, -0.15) is 0 Å². The lowest BCUT2D eigenvalue weighted by Crippen LogP contribution is -2.00. The largest absolute Gasteiger partial charge is 0.455 e. The summed E-state index contributed by atoms with van der Waals surface area (Å²) in [6.07, 6.45) is 1.70. The summed E-state index contributed by atoms with van der Waals surface area (Å²) in [6.45, 7) is 3.34. The van der Waals surface area contributed by atoms with E-state index in [1.165, 1.54) is 6.92 Å². The lowest BCUT2D eigenvalue weighted by Gasteiger charge is -2.09. The first-order valence-electron chi connectivity index (χ1n) is 5.58. The van der Waals surface area contributed by atoms with Gasteiger partial charge in [-0.3, -0.25) is 9.78 Å². The zero-order valence-corrected chi connectivity index (χ0v) is 10.3. The summed E-state index contributed by atoms with van der Waals surface area (Å²) in [5.74, 6) is 1.16. The molecule has 4 nitrogen and oxygen atoms in total. The van der Waals surface area contributed by atoms with Gasteiger partial charge in [0.1, 0.15) is 11.5 Å². The molecule has 2 N–H and O–H groups in total. The Kier molecular flexibility index (Phi) is 3.28. The van der Waals surface area contributed by atoms with Crippen molar-refractivity contribution in [1.29, 1.82) is 0 Å².